The lowest BCUT2D eigenvalue weighted by Crippen LogP contribution is -2.11. The van der Waals surface area contributed by atoms with E-state index in [2.05, 4.69) is 252 Å². The van der Waals surface area contributed by atoms with Gasteiger partial charge in [0.2, 0.25) is 0 Å². The van der Waals surface area contributed by atoms with Crippen molar-refractivity contribution in [3.05, 3.63) is 243 Å². The Hall–Kier alpha value is -7.98. The zero-order valence-electron chi connectivity index (χ0n) is 34.4. The van der Waals surface area contributed by atoms with Crippen LogP contribution in [0.15, 0.2) is 243 Å². The summed E-state index contributed by atoms with van der Waals surface area (Å²) in [5, 5.41) is 5.05. The molecular weight excluding hydrogens is 781 g/mol. The average molecular weight is 821 g/mol. The van der Waals surface area contributed by atoms with Crippen LogP contribution in [0.3, 0.4) is 0 Å². The van der Waals surface area contributed by atoms with Crippen LogP contribution < -0.4 is 4.90 Å². The number of para-hydroxylation sites is 3. The maximum atomic E-state index is 2.49. The monoisotopic (exact) mass is 820 g/mol. The van der Waals surface area contributed by atoms with E-state index < -0.39 is 0 Å². The zero-order chi connectivity index (χ0) is 41.7. The molecule has 296 valence electrons. The van der Waals surface area contributed by atoms with Crippen LogP contribution in [0.2, 0.25) is 0 Å². The second kappa shape index (κ2) is 15.5. The molecule has 12 aromatic rings. The number of rotatable bonds is 8. The second-order valence-electron chi connectivity index (χ2n) is 16.1. The Morgan fingerprint density at radius 2 is 0.873 bits per heavy atom. The molecule has 0 aliphatic rings. The van der Waals surface area contributed by atoms with Crippen LogP contribution in [0, 0.1) is 0 Å². The summed E-state index contributed by atoms with van der Waals surface area (Å²) in [4.78, 5) is 2.44. The lowest BCUT2D eigenvalue weighted by atomic mass is 9.97. The number of nitrogens with zero attached hydrogens (tertiary/aromatic N) is 2. The van der Waals surface area contributed by atoms with Crippen LogP contribution >= 0.6 is 11.3 Å². The Morgan fingerprint density at radius 1 is 0.317 bits per heavy atom. The third kappa shape index (κ3) is 6.41. The number of benzene rings is 10. The van der Waals surface area contributed by atoms with Gasteiger partial charge in [-0.1, -0.05) is 188 Å². The largest absolute Gasteiger partial charge is 0.310 e. The molecule has 63 heavy (non-hydrogen) atoms. The quantitative estimate of drug-likeness (QED) is 0.148. The first-order valence-corrected chi connectivity index (χ1v) is 22.3. The minimum absolute atomic E-state index is 1.08. The van der Waals surface area contributed by atoms with Gasteiger partial charge in [0.15, 0.2) is 0 Å². The van der Waals surface area contributed by atoms with E-state index in [-0.39, 0.29) is 0 Å². The van der Waals surface area contributed by atoms with E-state index in [1.807, 2.05) is 11.3 Å². The first kappa shape index (κ1) is 36.8. The molecule has 2 aromatic heterocycles. The number of fused-ring (bicyclic) bond motifs is 6. The van der Waals surface area contributed by atoms with Gasteiger partial charge in [0, 0.05) is 59.0 Å². The van der Waals surface area contributed by atoms with Gasteiger partial charge in [0.05, 0.1) is 22.4 Å². The third-order valence-electron chi connectivity index (χ3n) is 12.4. The molecule has 0 unspecified atom stereocenters. The van der Waals surface area contributed by atoms with Gasteiger partial charge in [-0.2, -0.15) is 0 Å². The number of anilines is 3. The van der Waals surface area contributed by atoms with Gasteiger partial charge < -0.3 is 9.47 Å². The van der Waals surface area contributed by atoms with E-state index in [9.17, 15) is 0 Å². The third-order valence-corrected chi connectivity index (χ3v) is 13.6. The Morgan fingerprint density at radius 3 is 1.70 bits per heavy atom. The van der Waals surface area contributed by atoms with E-state index in [0.29, 0.717) is 0 Å². The molecule has 0 saturated carbocycles. The normalized spacial score (nSPS) is 11.5. The maximum absolute atomic E-state index is 2.49. The molecular formula is C60H40N2S. The van der Waals surface area contributed by atoms with Gasteiger partial charge >= 0.3 is 0 Å². The molecule has 0 saturated heterocycles. The van der Waals surface area contributed by atoms with Crippen LogP contribution in [0.4, 0.5) is 17.1 Å². The van der Waals surface area contributed by atoms with E-state index in [4.69, 9.17) is 0 Å². The number of hydrogen-bond acceptors (Lipinski definition) is 2. The fourth-order valence-electron chi connectivity index (χ4n) is 9.48. The van der Waals surface area contributed by atoms with Crippen LogP contribution in [-0.2, 0) is 0 Å². The van der Waals surface area contributed by atoms with Crippen molar-refractivity contribution < 1.29 is 0 Å². The number of hydrogen-bond donors (Lipinski definition) is 0. The molecule has 0 spiro atoms. The zero-order valence-corrected chi connectivity index (χ0v) is 35.2. The van der Waals surface area contributed by atoms with Crippen LogP contribution in [-0.4, -0.2) is 4.57 Å². The Balaban J connectivity index is 1.08. The van der Waals surface area contributed by atoms with Gasteiger partial charge in [-0.05, 0) is 82.4 Å². The highest BCUT2D eigenvalue weighted by Crippen LogP contribution is 2.46. The molecule has 0 bridgehead atoms. The fraction of sp³-hybridized carbons (Fsp3) is 0. The highest BCUT2D eigenvalue weighted by molar-refractivity contribution is 7.26. The van der Waals surface area contributed by atoms with Gasteiger partial charge in [-0.3, -0.25) is 0 Å². The first-order chi connectivity index (χ1) is 31.3. The van der Waals surface area contributed by atoms with Gasteiger partial charge in [0.25, 0.3) is 0 Å². The standard InChI is InChI=1S/C60H40N2S/c1-3-17-41(18-4-1)43-33-35-46(36-34-43)61(55-29-11-7-23-48(55)45-22-15-21-44(39-45)42-19-5-2-6-20-42)47-37-38-51-49-24-8-12-30-56(49)62(58(51)40-47)57-31-13-9-25-50(57)53-27-16-28-54-52-26-10-14-32-59(52)63-60(53)54/h1-40H. The summed E-state index contributed by atoms with van der Waals surface area (Å²) in [6.45, 7) is 0. The van der Waals surface area contributed by atoms with E-state index in [1.165, 1.54) is 69.8 Å². The predicted octanol–water partition coefficient (Wildman–Crippen LogP) is 17.3. The highest BCUT2D eigenvalue weighted by Gasteiger charge is 2.22. The molecule has 0 fully saturated rings. The topological polar surface area (TPSA) is 8.17 Å². The average Bonchev–Trinajstić information content (AvgIpc) is 3.91. The molecule has 2 nitrogen and oxygen atoms in total. The molecule has 0 amide bonds. The summed E-state index contributed by atoms with van der Waals surface area (Å²) in [7, 11) is 0. The van der Waals surface area contributed by atoms with Gasteiger partial charge in [0.1, 0.15) is 0 Å². The van der Waals surface area contributed by atoms with E-state index >= 15 is 0 Å². The molecule has 3 heteroatoms. The van der Waals surface area contributed by atoms with Crippen molar-refractivity contribution >= 4 is 70.4 Å². The lowest BCUT2D eigenvalue weighted by Gasteiger charge is -2.28. The summed E-state index contributed by atoms with van der Waals surface area (Å²) < 4.78 is 5.11. The maximum Gasteiger partial charge on any atom is 0.0562 e. The van der Waals surface area contributed by atoms with Crippen molar-refractivity contribution in [3.63, 3.8) is 0 Å². The summed E-state index contributed by atoms with van der Waals surface area (Å²) in [5.41, 5.74) is 16.3. The molecule has 12 rings (SSSR count). The SMILES string of the molecule is c1ccc(-c2ccc(N(c3ccc4c5ccccc5n(-c5ccccc5-c5cccc6c5sc5ccccc56)c4c3)c3ccccc3-c3cccc(-c4ccccc4)c3)cc2)cc1. The molecule has 10 aromatic carbocycles. The van der Waals surface area contributed by atoms with Gasteiger partial charge in [-0.15, -0.1) is 11.3 Å². The Labute approximate surface area is 370 Å². The van der Waals surface area contributed by atoms with Gasteiger partial charge in [-0.25, -0.2) is 0 Å². The van der Waals surface area contributed by atoms with Crippen molar-refractivity contribution in [2.24, 2.45) is 0 Å². The van der Waals surface area contributed by atoms with E-state index in [1.54, 1.807) is 0 Å². The summed E-state index contributed by atoms with van der Waals surface area (Å²) >= 11 is 1.88. The minimum atomic E-state index is 1.08. The predicted molar refractivity (Wildman–Crippen MR) is 270 cm³/mol. The molecule has 2 heterocycles. The van der Waals surface area contributed by atoms with Crippen molar-refractivity contribution in [1.82, 2.24) is 4.57 Å². The Bertz CT molecular complexity index is 3620. The van der Waals surface area contributed by atoms with Crippen molar-refractivity contribution in [2.45, 2.75) is 0 Å². The van der Waals surface area contributed by atoms with Crippen molar-refractivity contribution in [3.8, 4) is 50.2 Å². The molecule has 0 aliphatic heterocycles. The van der Waals surface area contributed by atoms with Crippen LogP contribution in [0.1, 0.15) is 0 Å². The smallest absolute Gasteiger partial charge is 0.0562 e. The highest BCUT2D eigenvalue weighted by atomic mass is 32.1. The first-order valence-electron chi connectivity index (χ1n) is 21.5. The van der Waals surface area contributed by atoms with Crippen LogP contribution in [0.5, 0.6) is 0 Å². The van der Waals surface area contributed by atoms with E-state index in [0.717, 1.165) is 39.4 Å². The van der Waals surface area contributed by atoms with Crippen LogP contribution in [0.25, 0.3) is 92.2 Å². The summed E-state index contributed by atoms with van der Waals surface area (Å²) in [6.07, 6.45) is 0. The minimum Gasteiger partial charge on any atom is -0.310 e. The fourth-order valence-corrected chi connectivity index (χ4v) is 10.7. The van der Waals surface area contributed by atoms with Crippen molar-refractivity contribution in [2.75, 3.05) is 4.90 Å². The Kier molecular flexibility index (Phi) is 9.06. The summed E-state index contributed by atoms with van der Waals surface area (Å²) in [5.74, 6) is 0. The van der Waals surface area contributed by atoms with Crippen molar-refractivity contribution in [1.29, 1.82) is 0 Å². The molecule has 0 radical (unpaired) electrons. The lowest BCUT2D eigenvalue weighted by molar-refractivity contribution is 1.18. The molecule has 0 atom stereocenters. The second-order valence-corrected chi connectivity index (χ2v) is 17.1. The molecule has 0 aliphatic carbocycles. The number of aromatic nitrogens is 1. The summed E-state index contributed by atoms with van der Waals surface area (Å²) in [6, 6.07) is 88.4. The number of thiophene rings is 1. The molecule has 0 N–H and O–H groups in total.